The smallest absolute Gasteiger partial charge is 0.326 e. The van der Waals surface area contributed by atoms with Gasteiger partial charge in [-0.3, -0.25) is 24.1 Å². The molecule has 30 heavy (non-hydrogen) atoms. The molecule has 0 spiro atoms. The number of hydrogen-bond acceptors (Lipinski definition) is 6. The Hall–Kier alpha value is -3.43. The number of nitrogens with zero attached hydrogens (tertiary/aromatic N) is 2. The van der Waals surface area contributed by atoms with Crippen molar-refractivity contribution < 1.29 is 28.7 Å². The van der Waals surface area contributed by atoms with E-state index in [-0.39, 0.29) is 12.3 Å². The predicted octanol–water partition coefficient (Wildman–Crippen LogP) is 1.01. The van der Waals surface area contributed by atoms with Crippen molar-refractivity contribution in [1.29, 1.82) is 0 Å². The minimum absolute atomic E-state index is 0.0897. The molecule has 2 heterocycles. The second-order valence-electron chi connectivity index (χ2n) is 7.55. The zero-order chi connectivity index (χ0) is 22.1. The van der Waals surface area contributed by atoms with E-state index in [0.29, 0.717) is 17.8 Å². The molecule has 0 aromatic heterocycles. The van der Waals surface area contributed by atoms with E-state index in [2.05, 4.69) is 10.6 Å². The van der Waals surface area contributed by atoms with Gasteiger partial charge in [-0.2, -0.15) is 0 Å². The highest BCUT2D eigenvalue weighted by Crippen LogP contribution is 2.31. The number of nitrogens with one attached hydrogen (secondary N) is 2. The van der Waals surface area contributed by atoms with Gasteiger partial charge in [-0.05, 0) is 32.4 Å². The summed E-state index contributed by atoms with van der Waals surface area (Å²) in [5, 5.41) is 5.29. The third-order valence-corrected chi connectivity index (χ3v) is 5.32. The Morgan fingerprint density at radius 3 is 2.60 bits per heavy atom. The van der Waals surface area contributed by atoms with Gasteiger partial charge in [-0.1, -0.05) is 19.1 Å². The molecule has 10 nitrogen and oxygen atoms in total. The van der Waals surface area contributed by atoms with Crippen LogP contribution in [0.4, 0.5) is 16.2 Å². The topological polar surface area (TPSA) is 125 Å². The summed E-state index contributed by atoms with van der Waals surface area (Å²) >= 11 is 0. The number of rotatable bonds is 5. The molecule has 0 bridgehead atoms. The van der Waals surface area contributed by atoms with E-state index in [0.717, 1.165) is 4.90 Å². The van der Waals surface area contributed by atoms with E-state index in [4.69, 9.17) is 4.74 Å². The zero-order valence-corrected chi connectivity index (χ0v) is 17.1. The molecule has 2 aliphatic rings. The molecule has 0 aliphatic carbocycles. The van der Waals surface area contributed by atoms with Gasteiger partial charge in [0.2, 0.25) is 5.91 Å². The summed E-state index contributed by atoms with van der Waals surface area (Å²) < 4.78 is 5.04. The maximum absolute atomic E-state index is 12.8. The molecule has 0 saturated carbocycles. The first kappa shape index (κ1) is 21.3. The second kappa shape index (κ2) is 8.13. The van der Waals surface area contributed by atoms with Gasteiger partial charge in [0.1, 0.15) is 12.1 Å². The van der Waals surface area contributed by atoms with E-state index < -0.39 is 48.5 Å². The normalized spacial score (nSPS) is 23.4. The SMILES string of the molecule is CC[C@@]1(C)NC(=O)N(CC(=O)OCC(=O)N2c3ccccc3NC(=O)C[C@H]2C)C1=O. The first-order chi connectivity index (χ1) is 14.2. The largest absolute Gasteiger partial charge is 0.454 e. The molecule has 160 valence electrons. The molecule has 1 fully saturated rings. The molecule has 1 aromatic carbocycles. The van der Waals surface area contributed by atoms with Gasteiger partial charge in [-0.15, -0.1) is 0 Å². The molecule has 1 aromatic rings. The Morgan fingerprint density at radius 1 is 1.23 bits per heavy atom. The van der Waals surface area contributed by atoms with Crippen LogP contribution in [0.2, 0.25) is 0 Å². The third-order valence-electron chi connectivity index (χ3n) is 5.32. The number of imide groups is 1. The molecule has 2 N–H and O–H groups in total. The van der Waals surface area contributed by atoms with Gasteiger partial charge in [0.25, 0.3) is 11.8 Å². The Balaban J connectivity index is 1.65. The Labute approximate surface area is 173 Å². The number of benzene rings is 1. The summed E-state index contributed by atoms with van der Waals surface area (Å²) in [5.74, 6) is -2.13. The third kappa shape index (κ3) is 3.98. The van der Waals surface area contributed by atoms with Crippen LogP contribution in [0.5, 0.6) is 0 Å². The van der Waals surface area contributed by atoms with Gasteiger partial charge >= 0.3 is 12.0 Å². The molecule has 0 unspecified atom stereocenters. The van der Waals surface area contributed by atoms with Crippen LogP contribution in [0.25, 0.3) is 0 Å². The predicted molar refractivity (Wildman–Crippen MR) is 107 cm³/mol. The van der Waals surface area contributed by atoms with Crippen molar-refractivity contribution in [2.75, 3.05) is 23.4 Å². The number of urea groups is 1. The number of carbonyl (C=O) groups is 5. The summed E-state index contributed by atoms with van der Waals surface area (Å²) in [7, 11) is 0. The monoisotopic (exact) mass is 416 g/mol. The maximum Gasteiger partial charge on any atom is 0.326 e. The van der Waals surface area contributed by atoms with Gasteiger partial charge in [0.05, 0.1) is 11.4 Å². The lowest BCUT2D eigenvalue weighted by atomic mass is 9.99. The molecular formula is C20H24N4O6. The number of anilines is 2. The minimum Gasteiger partial charge on any atom is -0.454 e. The van der Waals surface area contributed by atoms with Crippen LogP contribution in [0.3, 0.4) is 0 Å². The fourth-order valence-electron chi connectivity index (χ4n) is 3.48. The highest BCUT2D eigenvalue weighted by molar-refractivity contribution is 6.09. The van der Waals surface area contributed by atoms with Crippen LogP contribution in [0.1, 0.15) is 33.6 Å². The number of amides is 5. The Kier molecular flexibility index (Phi) is 5.77. The summed E-state index contributed by atoms with van der Waals surface area (Å²) in [4.78, 5) is 63.6. The molecule has 0 radical (unpaired) electrons. The summed E-state index contributed by atoms with van der Waals surface area (Å²) in [5.41, 5.74) is -0.0628. The molecule has 5 amide bonds. The summed E-state index contributed by atoms with van der Waals surface area (Å²) in [6.45, 7) is 3.88. The zero-order valence-electron chi connectivity index (χ0n) is 17.1. The van der Waals surface area contributed by atoms with E-state index in [1.807, 2.05) is 0 Å². The number of fused-ring (bicyclic) bond motifs is 1. The van der Waals surface area contributed by atoms with E-state index in [1.54, 1.807) is 45.0 Å². The fraction of sp³-hybridized carbons (Fsp3) is 0.450. The van der Waals surface area contributed by atoms with Crippen LogP contribution in [0, 0.1) is 0 Å². The average molecular weight is 416 g/mol. The van der Waals surface area contributed by atoms with Gasteiger partial charge in [0.15, 0.2) is 6.61 Å². The summed E-state index contributed by atoms with van der Waals surface area (Å²) in [6, 6.07) is 5.72. The lowest BCUT2D eigenvalue weighted by molar-refractivity contribution is -0.150. The first-order valence-corrected chi connectivity index (χ1v) is 9.67. The van der Waals surface area contributed by atoms with Gasteiger partial charge in [0, 0.05) is 12.5 Å². The van der Waals surface area contributed by atoms with Gasteiger partial charge < -0.3 is 20.3 Å². The molecule has 10 heteroatoms. The van der Waals surface area contributed by atoms with Crippen LogP contribution >= 0.6 is 0 Å². The Morgan fingerprint density at radius 2 is 1.93 bits per heavy atom. The Bertz CT molecular complexity index is 916. The van der Waals surface area contributed by atoms with Crippen LogP contribution < -0.4 is 15.5 Å². The average Bonchev–Trinajstić information content (AvgIpc) is 2.83. The number of para-hydroxylation sites is 2. The number of carbonyl (C=O) groups excluding carboxylic acids is 5. The standard InChI is InChI=1S/C20H24N4O6/c1-4-20(3)18(28)23(19(29)22-20)10-17(27)30-11-16(26)24-12(2)9-15(25)21-13-7-5-6-8-14(13)24/h5-8,12H,4,9-11H2,1-3H3,(H,21,25)(H,22,29)/t12-,20-/m1/s1. The van der Waals surface area contributed by atoms with Gasteiger partial charge in [-0.25, -0.2) is 4.79 Å². The van der Waals surface area contributed by atoms with Crippen molar-refractivity contribution in [1.82, 2.24) is 10.2 Å². The van der Waals surface area contributed by atoms with E-state index >= 15 is 0 Å². The second-order valence-corrected chi connectivity index (χ2v) is 7.55. The maximum atomic E-state index is 12.8. The quantitative estimate of drug-likeness (QED) is 0.545. The highest BCUT2D eigenvalue weighted by atomic mass is 16.5. The van der Waals surface area contributed by atoms with Crippen molar-refractivity contribution in [2.45, 2.75) is 45.2 Å². The van der Waals surface area contributed by atoms with E-state index in [9.17, 15) is 24.0 Å². The molecule has 2 atom stereocenters. The lowest BCUT2D eigenvalue weighted by Crippen LogP contribution is -2.44. The van der Waals surface area contributed by atoms with Crippen LogP contribution in [-0.2, 0) is 23.9 Å². The van der Waals surface area contributed by atoms with Crippen molar-refractivity contribution in [3.63, 3.8) is 0 Å². The number of hydrogen-bond donors (Lipinski definition) is 2. The fourth-order valence-corrected chi connectivity index (χ4v) is 3.48. The first-order valence-electron chi connectivity index (χ1n) is 9.67. The molecule has 2 aliphatic heterocycles. The van der Waals surface area contributed by atoms with Crippen LogP contribution in [0.15, 0.2) is 24.3 Å². The lowest BCUT2D eigenvalue weighted by Gasteiger charge is -2.27. The highest BCUT2D eigenvalue weighted by Gasteiger charge is 2.47. The van der Waals surface area contributed by atoms with Crippen molar-refractivity contribution in [3.05, 3.63) is 24.3 Å². The van der Waals surface area contributed by atoms with Crippen molar-refractivity contribution in [2.24, 2.45) is 0 Å². The van der Waals surface area contributed by atoms with E-state index in [1.165, 1.54) is 4.90 Å². The number of esters is 1. The van der Waals surface area contributed by atoms with Crippen LogP contribution in [-0.4, -0.2) is 59.4 Å². The van der Waals surface area contributed by atoms with Crippen molar-refractivity contribution in [3.8, 4) is 0 Å². The molecular weight excluding hydrogens is 392 g/mol. The molecule has 3 rings (SSSR count). The number of ether oxygens (including phenoxy) is 1. The van der Waals surface area contributed by atoms with Crippen molar-refractivity contribution >= 4 is 41.1 Å². The summed E-state index contributed by atoms with van der Waals surface area (Å²) in [6.07, 6.45) is 0.465. The molecule has 1 saturated heterocycles. The minimum atomic E-state index is -1.06.